The van der Waals surface area contributed by atoms with Crippen molar-refractivity contribution < 1.29 is 18.0 Å². The van der Waals surface area contributed by atoms with E-state index < -0.39 is 29.0 Å². The van der Waals surface area contributed by atoms with E-state index in [2.05, 4.69) is 9.97 Å². The second-order valence-electron chi connectivity index (χ2n) is 6.15. The van der Waals surface area contributed by atoms with E-state index in [4.69, 9.17) is 5.26 Å². The molecule has 2 aromatic rings. The number of H-pyrrole nitrogens is 1. The fourth-order valence-electron chi connectivity index (χ4n) is 2.49. The number of benzene rings is 1. The number of anilines is 1. The van der Waals surface area contributed by atoms with Crippen LogP contribution in [0.25, 0.3) is 0 Å². The second kappa shape index (κ2) is 8.03. The van der Waals surface area contributed by atoms with Crippen LogP contribution >= 0.6 is 0 Å². The molecule has 0 saturated carbocycles. The Hall–Kier alpha value is -3.15. The highest BCUT2D eigenvalue weighted by Crippen LogP contribution is 2.31. The average molecular weight is 378 g/mol. The van der Waals surface area contributed by atoms with Crippen molar-refractivity contribution in [1.82, 2.24) is 9.97 Å². The van der Waals surface area contributed by atoms with Gasteiger partial charge < -0.3 is 4.90 Å². The van der Waals surface area contributed by atoms with Crippen molar-refractivity contribution in [2.75, 3.05) is 19.0 Å². The van der Waals surface area contributed by atoms with Gasteiger partial charge in [-0.2, -0.15) is 18.4 Å². The molecule has 0 amide bonds. The van der Waals surface area contributed by atoms with Crippen LogP contribution in [0.2, 0.25) is 0 Å². The molecule has 0 spiro atoms. The maximum absolute atomic E-state index is 12.7. The first-order valence-electron chi connectivity index (χ1n) is 7.98. The van der Waals surface area contributed by atoms with E-state index >= 15 is 0 Å². The van der Waals surface area contributed by atoms with Gasteiger partial charge >= 0.3 is 6.18 Å². The molecule has 1 N–H and O–H groups in total. The summed E-state index contributed by atoms with van der Waals surface area (Å²) in [6, 6.07) is 7.35. The molecule has 6 nitrogen and oxygen atoms in total. The maximum atomic E-state index is 12.7. The van der Waals surface area contributed by atoms with E-state index in [0.29, 0.717) is 5.56 Å². The van der Waals surface area contributed by atoms with Crippen LogP contribution in [0.1, 0.15) is 40.4 Å². The molecule has 0 bridgehead atoms. The summed E-state index contributed by atoms with van der Waals surface area (Å²) < 4.78 is 38.1. The number of hydrogen-bond donors (Lipinski definition) is 1. The molecule has 0 aliphatic heterocycles. The van der Waals surface area contributed by atoms with Gasteiger partial charge in [0.25, 0.3) is 5.56 Å². The highest BCUT2D eigenvalue weighted by atomic mass is 19.4. The first-order valence-corrected chi connectivity index (χ1v) is 7.98. The minimum atomic E-state index is -4.46. The predicted molar refractivity (Wildman–Crippen MR) is 92.5 cm³/mol. The largest absolute Gasteiger partial charge is 0.416 e. The summed E-state index contributed by atoms with van der Waals surface area (Å²) in [5.41, 5.74) is -0.920. The van der Waals surface area contributed by atoms with Crippen LogP contribution in [0.5, 0.6) is 0 Å². The lowest BCUT2D eigenvalue weighted by Crippen LogP contribution is -2.21. The zero-order valence-electron chi connectivity index (χ0n) is 14.7. The number of ketones is 1. The molecule has 1 heterocycles. The van der Waals surface area contributed by atoms with Gasteiger partial charge in [0.15, 0.2) is 5.78 Å². The number of carbonyl (C=O) groups excluding carboxylic acids is 1. The smallest absolute Gasteiger partial charge is 0.348 e. The molecule has 2 rings (SSSR count). The van der Waals surface area contributed by atoms with Gasteiger partial charge in [-0.15, -0.1) is 0 Å². The van der Waals surface area contributed by atoms with Crippen LogP contribution in [-0.4, -0.2) is 29.8 Å². The normalized spacial score (nSPS) is 12.3. The predicted octanol–water partition coefficient (Wildman–Crippen LogP) is 3.12. The van der Waals surface area contributed by atoms with E-state index in [1.54, 1.807) is 14.1 Å². The number of nitrogens with zero attached hydrogens (tertiary/aromatic N) is 3. The van der Waals surface area contributed by atoms with E-state index in [0.717, 1.165) is 18.2 Å². The number of aromatic nitrogens is 2. The number of aromatic amines is 1. The van der Waals surface area contributed by atoms with Crippen molar-refractivity contribution in [3.05, 3.63) is 57.5 Å². The summed E-state index contributed by atoms with van der Waals surface area (Å²) in [5, 5.41) is 9.01. The lowest BCUT2D eigenvalue weighted by atomic mass is 9.90. The number of hydrogen-bond acceptors (Lipinski definition) is 5. The molecule has 0 aliphatic carbocycles. The quantitative estimate of drug-likeness (QED) is 0.780. The first-order chi connectivity index (χ1) is 12.6. The molecule has 1 aromatic carbocycles. The Morgan fingerprint density at radius 3 is 2.44 bits per heavy atom. The van der Waals surface area contributed by atoms with Gasteiger partial charge in [0.05, 0.1) is 11.6 Å². The monoisotopic (exact) mass is 378 g/mol. The zero-order valence-corrected chi connectivity index (χ0v) is 14.7. The third-order valence-electron chi connectivity index (χ3n) is 3.92. The van der Waals surface area contributed by atoms with E-state index in [1.807, 2.05) is 6.07 Å². The van der Waals surface area contributed by atoms with E-state index in [1.165, 1.54) is 17.0 Å². The second-order valence-corrected chi connectivity index (χ2v) is 6.15. The van der Waals surface area contributed by atoms with Gasteiger partial charge in [-0.25, -0.2) is 4.98 Å². The van der Waals surface area contributed by atoms with Gasteiger partial charge in [-0.3, -0.25) is 14.6 Å². The Balaban J connectivity index is 2.27. The summed E-state index contributed by atoms with van der Waals surface area (Å²) in [5.74, 6) is -0.866. The molecular formula is C18H17F3N4O2. The first kappa shape index (κ1) is 20.2. The third-order valence-corrected chi connectivity index (χ3v) is 3.92. The van der Waals surface area contributed by atoms with Crippen LogP contribution in [0.3, 0.4) is 0 Å². The van der Waals surface area contributed by atoms with Gasteiger partial charge in [0, 0.05) is 38.9 Å². The molecule has 0 saturated heterocycles. The summed E-state index contributed by atoms with van der Waals surface area (Å²) in [6.07, 6.45) is -4.67. The Kier molecular flexibility index (Phi) is 6.00. The SMILES string of the molecule is CN(C)c1nc(C(=O)CC(CC#N)c2ccc(C(F)(F)F)cc2)cc(=O)[nH]1. The Morgan fingerprint density at radius 2 is 1.93 bits per heavy atom. The number of carbonyl (C=O) groups is 1. The molecule has 1 aromatic heterocycles. The van der Waals surface area contributed by atoms with Gasteiger partial charge in [-0.05, 0) is 17.7 Å². The number of Topliss-reactive ketones (excluding diaryl/α,β-unsaturated/α-hetero) is 1. The van der Waals surface area contributed by atoms with Crippen molar-refractivity contribution in [1.29, 1.82) is 5.26 Å². The minimum absolute atomic E-state index is 0.0547. The summed E-state index contributed by atoms with van der Waals surface area (Å²) in [4.78, 5) is 32.3. The standard InChI is InChI=1S/C18H17F3N4O2/c1-25(2)17-23-14(10-16(27)24-17)15(26)9-12(7-8-22)11-3-5-13(6-4-11)18(19,20)21/h3-6,10,12H,7,9H2,1-2H3,(H,23,24,27). The van der Waals surface area contributed by atoms with Crippen LogP contribution < -0.4 is 10.5 Å². The molecule has 9 heteroatoms. The van der Waals surface area contributed by atoms with Crippen molar-refractivity contribution in [2.24, 2.45) is 0 Å². The zero-order chi connectivity index (χ0) is 20.2. The van der Waals surface area contributed by atoms with Crippen molar-refractivity contribution in [2.45, 2.75) is 24.9 Å². The topological polar surface area (TPSA) is 89.8 Å². The number of alkyl halides is 3. The highest BCUT2D eigenvalue weighted by molar-refractivity contribution is 5.94. The van der Waals surface area contributed by atoms with Crippen LogP contribution in [0.4, 0.5) is 19.1 Å². The minimum Gasteiger partial charge on any atom is -0.348 e. The lowest BCUT2D eigenvalue weighted by Gasteiger charge is -2.15. The van der Waals surface area contributed by atoms with E-state index in [-0.39, 0.29) is 24.5 Å². The summed E-state index contributed by atoms with van der Waals surface area (Å²) in [6.45, 7) is 0. The molecule has 1 atom stereocenters. The van der Waals surface area contributed by atoms with Crippen molar-refractivity contribution >= 4 is 11.7 Å². The average Bonchev–Trinajstić information content (AvgIpc) is 2.60. The third kappa shape index (κ3) is 5.17. The maximum Gasteiger partial charge on any atom is 0.416 e. The lowest BCUT2D eigenvalue weighted by molar-refractivity contribution is -0.137. The van der Waals surface area contributed by atoms with Crippen molar-refractivity contribution in [3.63, 3.8) is 0 Å². The highest BCUT2D eigenvalue weighted by Gasteiger charge is 2.30. The Morgan fingerprint density at radius 1 is 1.30 bits per heavy atom. The van der Waals surface area contributed by atoms with E-state index in [9.17, 15) is 22.8 Å². The molecular weight excluding hydrogens is 361 g/mol. The van der Waals surface area contributed by atoms with Gasteiger partial charge in [0.1, 0.15) is 5.69 Å². The Labute approximate surface area is 153 Å². The summed E-state index contributed by atoms with van der Waals surface area (Å²) in [7, 11) is 3.29. The van der Waals surface area contributed by atoms with Gasteiger partial charge in [0.2, 0.25) is 5.95 Å². The number of nitriles is 1. The molecule has 1 unspecified atom stereocenters. The van der Waals surface area contributed by atoms with Crippen molar-refractivity contribution in [3.8, 4) is 6.07 Å². The number of rotatable bonds is 6. The fourth-order valence-corrected chi connectivity index (χ4v) is 2.49. The molecule has 27 heavy (non-hydrogen) atoms. The van der Waals surface area contributed by atoms with Crippen LogP contribution in [-0.2, 0) is 6.18 Å². The molecule has 0 fully saturated rings. The molecule has 0 aliphatic rings. The summed E-state index contributed by atoms with van der Waals surface area (Å²) >= 11 is 0. The fraction of sp³-hybridized carbons (Fsp3) is 0.333. The van der Waals surface area contributed by atoms with Gasteiger partial charge in [-0.1, -0.05) is 12.1 Å². The molecule has 142 valence electrons. The molecule has 0 radical (unpaired) electrons. The van der Waals surface area contributed by atoms with Crippen LogP contribution in [0, 0.1) is 11.3 Å². The number of nitrogens with one attached hydrogen (secondary N) is 1. The number of halogens is 3. The van der Waals surface area contributed by atoms with Crippen LogP contribution in [0.15, 0.2) is 35.1 Å². The Bertz CT molecular complexity index is 912.